The van der Waals surface area contributed by atoms with E-state index in [2.05, 4.69) is 25.5 Å². The maximum atomic E-state index is 13.3. The quantitative estimate of drug-likeness (QED) is 0.576. The zero-order valence-corrected chi connectivity index (χ0v) is 16.5. The van der Waals surface area contributed by atoms with Gasteiger partial charge in [0.15, 0.2) is 0 Å². The highest BCUT2D eigenvalue weighted by Gasteiger charge is 2.21. The van der Waals surface area contributed by atoms with E-state index in [4.69, 9.17) is 0 Å². The molecule has 0 saturated carbocycles. The van der Waals surface area contributed by atoms with Crippen molar-refractivity contribution in [1.82, 2.24) is 34.7 Å². The summed E-state index contributed by atoms with van der Waals surface area (Å²) in [7, 11) is 1.87. The first kappa shape index (κ1) is 18.7. The van der Waals surface area contributed by atoms with Gasteiger partial charge < -0.3 is 5.32 Å². The number of aromatic nitrogens is 6. The second kappa shape index (κ2) is 7.08. The van der Waals surface area contributed by atoms with E-state index in [0.717, 1.165) is 17.0 Å². The van der Waals surface area contributed by atoms with Gasteiger partial charge in [0, 0.05) is 23.9 Å². The Labute approximate surface area is 166 Å². The number of nitrogens with zero attached hydrogens (tertiary/aromatic N) is 6. The fourth-order valence-electron chi connectivity index (χ4n) is 3.50. The van der Waals surface area contributed by atoms with Crippen molar-refractivity contribution >= 4 is 11.7 Å². The van der Waals surface area contributed by atoms with Gasteiger partial charge in [-0.05, 0) is 51.1 Å². The average Bonchev–Trinajstić information content (AvgIpc) is 3.25. The van der Waals surface area contributed by atoms with E-state index in [1.807, 2.05) is 27.8 Å². The number of nitrogens with one attached hydrogen (secondary N) is 1. The van der Waals surface area contributed by atoms with Gasteiger partial charge in [0.05, 0.1) is 17.4 Å². The number of benzene rings is 1. The highest BCUT2D eigenvalue weighted by atomic mass is 19.1. The van der Waals surface area contributed by atoms with Crippen LogP contribution in [0.4, 0.5) is 4.39 Å². The molecule has 1 atom stereocenters. The Bertz CT molecular complexity index is 1210. The molecular weight excluding hydrogens is 373 g/mol. The minimum absolute atomic E-state index is 0.253. The molecule has 0 fully saturated rings. The average molecular weight is 393 g/mol. The van der Waals surface area contributed by atoms with Gasteiger partial charge in [0.25, 0.3) is 11.7 Å². The van der Waals surface area contributed by atoms with Gasteiger partial charge in [-0.25, -0.2) is 9.37 Å². The lowest BCUT2D eigenvalue weighted by molar-refractivity contribution is 0.0932. The molecule has 0 radical (unpaired) electrons. The van der Waals surface area contributed by atoms with Crippen LogP contribution in [0.25, 0.3) is 17.0 Å². The molecule has 9 heteroatoms. The van der Waals surface area contributed by atoms with E-state index in [9.17, 15) is 9.18 Å². The van der Waals surface area contributed by atoms with Crippen LogP contribution in [0, 0.1) is 19.7 Å². The first-order valence-corrected chi connectivity index (χ1v) is 9.13. The van der Waals surface area contributed by atoms with Gasteiger partial charge >= 0.3 is 0 Å². The van der Waals surface area contributed by atoms with Gasteiger partial charge in [-0.2, -0.15) is 19.7 Å². The van der Waals surface area contributed by atoms with E-state index in [1.165, 1.54) is 23.0 Å². The number of carbonyl (C=O) groups excluding carboxylic acids is 1. The maximum Gasteiger partial charge on any atom is 0.270 e. The highest BCUT2D eigenvalue weighted by Crippen LogP contribution is 2.23. The minimum atomic E-state index is -0.341. The lowest BCUT2D eigenvalue weighted by Crippen LogP contribution is -2.29. The van der Waals surface area contributed by atoms with Crippen LogP contribution in [0.3, 0.4) is 0 Å². The fraction of sp³-hybridized carbons (Fsp3) is 0.250. The predicted octanol–water partition coefficient (Wildman–Crippen LogP) is 2.77. The van der Waals surface area contributed by atoms with Gasteiger partial charge in [0.1, 0.15) is 17.8 Å². The third-order valence-electron chi connectivity index (χ3n) is 4.97. The summed E-state index contributed by atoms with van der Waals surface area (Å²) in [6.07, 6.45) is 1.34. The van der Waals surface area contributed by atoms with E-state index >= 15 is 0 Å². The molecule has 0 aliphatic carbocycles. The molecule has 0 aliphatic rings. The lowest BCUT2D eigenvalue weighted by Gasteiger charge is -2.15. The van der Waals surface area contributed by atoms with Crippen LogP contribution in [0.1, 0.15) is 40.4 Å². The minimum Gasteiger partial charge on any atom is -0.344 e. The Balaban J connectivity index is 1.71. The molecule has 0 spiro atoms. The Kier molecular flexibility index (Phi) is 4.57. The van der Waals surface area contributed by atoms with Crippen molar-refractivity contribution < 1.29 is 9.18 Å². The van der Waals surface area contributed by atoms with Crippen LogP contribution in [0.2, 0.25) is 0 Å². The number of amides is 1. The summed E-state index contributed by atoms with van der Waals surface area (Å²) in [5.41, 5.74) is 4.31. The van der Waals surface area contributed by atoms with Gasteiger partial charge in [-0.3, -0.25) is 9.48 Å². The van der Waals surface area contributed by atoms with Gasteiger partial charge in [-0.1, -0.05) is 0 Å². The number of halogens is 1. The first-order chi connectivity index (χ1) is 13.8. The van der Waals surface area contributed by atoms with Crippen molar-refractivity contribution in [1.29, 1.82) is 0 Å². The molecule has 0 bridgehead atoms. The molecule has 148 valence electrons. The predicted molar refractivity (Wildman–Crippen MR) is 105 cm³/mol. The van der Waals surface area contributed by atoms with Gasteiger partial charge in [-0.15, -0.1) is 0 Å². The summed E-state index contributed by atoms with van der Waals surface area (Å²) in [4.78, 5) is 21.6. The monoisotopic (exact) mass is 393 g/mol. The standard InChI is InChI=1S/C20H20FN7O/c1-11(18-12(2)26-27(4)13(18)3)24-19(29)17-9-16(14-5-7-15(21)8-6-14)25-20-22-10-23-28(17)20/h5-11H,1-4H3,(H,24,29)/t11-/m1/s1. The highest BCUT2D eigenvalue weighted by molar-refractivity contribution is 5.94. The molecule has 1 aromatic carbocycles. The largest absolute Gasteiger partial charge is 0.344 e. The molecule has 4 rings (SSSR count). The fourth-order valence-corrected chi connectivity index (χ4v) is 3.50. The van der Waals surface area contributed by atoms with E-state index in [1.54, 1.807) is 22.9 Å². The zero-order chi connectivity index (χ0) is 20.7. The number of fused-ring (bicyclic) bond motifs is 1. The number of aryl methyl sites for hydroxylation is 2. The SMILES string of the molecule is Cc1nn(C)c(C)c1[C@@H](C)NC(=O)c1cc(-c2ccc(F)cc2)nc2ncnn12. The molecular formula is C20H20FN7O. The Morgan fingerprint density at radius 2 is 1.93 bits per heavy atom. The lowest BCUT2D eigenvalue weighted by atomic mass is 10.1. The van der Waals surface area contributed by atoms with Crippen molar-refractivity contribution in [3.8, 4) is 11.3 Å². The normalized spacial score (nSPS) is 12.3. The Morgan fingerprint density at radius 3 is 2.59 bits per heavy atom. The molecule has 3 aromatic heterocycles. The number of carbonyl (C=O) groups is 1. The van der Waals surface area contributed by atoms with Gasteiger partial charge in [0.2, 0.25) is 0 Å². The second-order valence-corrected chi connectivity index (χ2v) is 6.91. The number of rotatable bonds is 4. The van der Waals surface area contributed by atoms with Crippen molar-refractivity contribution in [2.75, 3.05) is 0 Å². The third-order valence-corrected chi connectivity index (χ3v) is 4.97. The topological polar surface area (TPSA) is 90.0 Å². The van der Waals surface area contributed by atoms with Crippen LogP contribution in [-0.4, -0.2) is 35.3 Å². The molecule has 0 aliphatic heterocycles. The summed E-state index contributed by atoms with van der Waals surface area (Å²) in [6.45, 7) is 5.79. The summed E-state index contributed by atoms with van der Waals surface area (Å²) in [5, 5.41) is 11.5. The molecule has 0 saturated heterocycles. The molecule has 3 heterocycles. The van der Waals surface area contributed by atoms with Crippen molar-refractivity contribution in [3.05, 3.63) is 65.1 Å². The van der Waals surface area contributed by atoms with Crippen molar-refractivity contribution in [2.24, 2.45) is 7.05 Å². The molecule has 8 nitrogen and oxygen atoms in total. The zero-order valence-electron chi connectivity index (χ0n) is 16.5. The Morgan fingerprint density at radius 1 is 1.21 bits per heavy atom. The van der Waals surface area contributed by atoms with Crippen LogP contribution in [-0.2, 0) is 7.05 Å². The van der Waals surface area contributed by atoms with Crippen LogP contribution < -0.4 is 5.32 Å². The van der Waals surface area contributed by atoms with E-state index in [-0.39, 0.29) is 23.5 Å². The summed E-state index contributed by atoms with van der Waals surface area (Å²) >= 11 is 0. The molecule has 29 heavy (non-hydrogen) atoms. The van der Waals surface area contributed by atoms with E-state index in [0.29, 0.717) is 17.0 Å². The second-order valence-electron chi connectivity index (χ2n) is 6.91. The van der Waals surface area contributed by atoms with Crippen LogP contribution in [0.15, 0.2) is 36.7 Å². The van der Waals surface area contributed by atoms with Crippen molar-refractivity contribution in [3.63, 3.8) is 0 Å². The van der Waals surface area contributed by atoms with Crippen molar-refractivity contribution in [2.45, 2.75) is 26.8 Å². The first-order valence-electron chi connectivity index (χ1n) is 9.13. The number of hydrogen-bond donors (Lipinski definition) is 1. The number of hydrogen-bond acceptors (Lipinski definition) is 5. The summed E-state index contributed by atoms with van der Waals surface area (Å²) < 4.78 is 16.4. The summed E-state index contributed by atoms with van der Waals surface area (Å²) in [6, 6.07) is 7.29. The maximum absolute atomic E-state index is 13.3. The Hall–Kier alpha value is -3.62. The molecule has 1 N–H and O–H groups in total. The third kappa shape index (κ3) is 3.35. The summed E-state index contributed by atoms with van der Waals surface area (Å²) in [5.74, 6) is -0.369. The molecule has 4 aromatic rings. The van der Waals surface area contributed by atoms with Crippen LogP contribution >= 0.6 is 0 Å². The molecule has 0 unspecified atom stereocenters. The molecule has 1 amide bonds. The van der Waals surface area contributed by atoms with Crippen LogP contribution in [0.5, 0.6) is 0 Å². The van der Waals surface area contributed by atoms with E-state index < -0.39 is 0 Å². The smallest absolute Gasteiger partial charge is 0.270 e.